The molecular formula is C57H60N14O12. The molecular weight excluding hydrogens is 1070 g/mol. The third kappa shape index (κ3) is 13.6. The second kappa shape index (κ2) is 25.6. The largest absolute Gasteiger partial charge is 0.490 e. The molecule has 3 saturated heterocycles. The van der Waals surface area contributed by atoms with Crippen molar-refractivity contribution < 1.29 is 57.3 Å². The summed E-state index contributed by atoms with van der Waals surface area (Å²) in [5.74, 6) is -0.0298. The number of ketones is 1. The zero-order valence-corrected chi connectivity index (χ0v) is 46.0. The van der Waals surface area contributed by atoms with Gasteiger partial charge in [0, 0.05) is 119 Å². The molecule has 9 heterocycles. The second-order valence-corrected chi connectivity index (χ2v) is 20.6. The van der Waals surface area contributed by atoms with Crippen LogP contribution in [0.25, 0.3) is 11.3 Å². The highest BCUT2D eigenvalue weighted by Gasteiger charge is 2.45. The number of rotatable bonds is 22. The van der Waals surface area contributed by atoms with Gasteiger partial charge in [-0.25, -0.2) is 34.4 Å². The van der Waals surface area contributed by atoms with Crippen molar-refractivity contribution in [1.82, 2.24) is 54.8 Å². The number of piperazine rings is 1. The minimum absolute atomic E-state index is 0.00582. The van der Waals surface area contributed by atoms with E-state index in [-0.39, 0.29) is 100 Å². The summed E-state index contributed by atoms with van der Waals surface area (Å²) in [6.07, 6.45) is 9.01. The lowest BCUT2D eigenvalue weighted by Crippen LogP contribution is -2.55. The Hall–Kier alpha value is -9.32. The van der Waals surface area contributed by atoms with Crippen molar-refractivity contribution in [3.63, 3.8) is 0 Å². The average molecular weight is 1130 g/mol. The molecule has 0 radical (unpaired) electrons. The van der Waals surface area contributed by atoms with Gasteiger partial charge in [-0.3, -0.25) is 24.0 Å². The molecule has 1 atom stereocenters. The Kier molecular flexibility index (Phi) is 17.6. The van der Waals surface area contributed by atoms with Gasteiger partial charge < -0.3 is 48.1 Å². The van der Waals surface area contributed by atoms with Crippen LogP contribution in [0, 0.1) is 11.3 Å². The molecule has 0 spiro atoms. The number of benzene rings is 1. The quantitative estimate of drug-likeness (QED) is 0.0681. The van der Waals surface area contributed by atoms with E-state index >= 15 is 0 Å². The van der Waals surface area contributed by atoms with E-state index in [9.17, 15) is 34.0 Å². The third-order valence-corrected chi connectivity index (χ3v) is 14.5. The molecule has 4 amide bonds. The molecule has 26 heteroatoms. The van der Waals surface area contributed by atoms with E-state index in [1.807, 2.05) is 41.5 Å². The van der Waals surface area contributed by atoms with E-state index in [0.717, 1.165) is 0 Å². The van der Waals surface area contributed by atoms with Gasteiger partial charge in [0.15, 0.2) is 5.78 Å². The Morgan fingerprint density at radius 3 is 2.31 bits per heavy atom. The first-order chi connectivity index (χ1) is 40.2. The molecule has 430 valence electrons. The number of aromatic nitrogens is 8. The maximum absolute atomic E-state index is 13.5. The predicted molar refractivity (Wildman–Crippen MR) is 291 cm³/mol. The topological polar surface area (TPSA) is 293 Å². The van der Waals surface area contributed by atoms with E-state index in [1.165, 1.54) is 23.0 Å². The molecule has 6 aromatic rings. The van der Waals surface area contributed by atoms with Crippen molar-refractivity contribution in [2.75, 3.05) is 75.6 Å². The molecule has 4 aliphatic heterocycles. The number of hydroxylamine groups is 2. The van der Waals surface area contributed by atoms with Crippen molar-refractivity contribution in [3.05, 3.63) is 120 Å². The third-order valence-electron chi connectivity index (χ3n) is 14.5. The average Bonchev–Trinajstić information content (AvgIpc) is 3.55. The summed E-state index contributed by atoms with van der Waals surface area (Å²) in [7, 11) is 0. The lowest BCUT2D eigenvalue weighted by Gasteiger charge is -2.39. The number of hydrogen-bond donors (Lipinski definition) is 0. The number of ether oxygens (including phenoxy) is 5. The Bertz CT molecular complexity index is 3380. The monoisotopic (exact) mass is 1130 g/mol. The van der Waals surface area contributed by atoms with Crippen LogP contribution in [0.15, 0.2) is 91.6 Å². The minimum atomic E-state index is -0.889. The van der Waals surface area contributed by atoms with Gasteiger partial charge in [0.1, 0.15) is 54.0 Å². The highest BCUT2D eigenvalue weighted by Crippen LogP contribution is 2.40. The molecule has 4 aliphatic rings. The van der Waals surface area contributed by atoms with Gasteiger partial charge in [-0.15, -0.1) is 10.2 Å². The summed E-state index contributed by atoms with van der Waals surface area (Å²) in [6.45, 7) is 9.72. The first kappa shape index (κ1) is 56.9. The van der Waals surface area contributed by atoms with Crippen molar-refractivity contribution in [3.8, 4) is 34.7 Å². The molecule has 26 nitrogen and oxygen atoms in total. The number of piperidine rings is 1. The number of amides is 4. The summed E-state index contributed by atoms with van der Waals surface area (Å²) in [4.78, 5) is 111. The van der Waals surface area contributed by atoms with Crippen LogP contribution in [-0.2, 0) is 57.9 Å². The lowest BCUT2D eigenvalue weighted by molar-refractivity contribution is -0.172. The molecule has 1 aromatic carbocycles. The number of carbonyl (C=O) groups excluding carboxylic acids is 6. The molecule has 0 bridgehead atoms. The minimum Gasteiger partial charge on any atom is -0.490 e. The summed E-state index contributed by atoms with van der Waals surface area (Å²) >= 11 is 0. The molecule has 0 saturated carbocycles. The molecule has 3 fully saturated rings. The van der Waals surface area contributed by atoms with E-state index in [2.05, 4.69) is 36.3 Å². The molecule has 0 N–H and O–H groups in total. The zero-order valence-electron chi connectivity index (χ0n) is 46.0. The molecule has 10 rings (SSSR count). The van der Waals surface area contributed by atoms with Crippen LogP contribution in [0.2, 0.25) is 0 Å². The number of fused-ring (bicyclic) bond motifs is 1. The summed E-state index contributed by atoms with van der Waals surface area (Å²) in [5.41, 5.74) is 2.50. The van der Waals surface area contributed by atoms with E-state index in [4.69, 9.17) is 33.5 Å². The fraction of sp³-hybridized carbons (Fsp3) is 0.404. The van der Waals surface area contributed by atoms with Gasteiger partial charge in [0.2, 0.25) is 23.6 Å². The number of likely N-dealkylation sites (tertiary alicyclic amines) is 1. The summed E-state index contributed by atoms with van der Waals surface area (Å²) in [5, 5.41) is 18.4. The number of anilines is 2. The molecule has 0 aliphatic carbocycles. The van der Waals surface area contributed by atoms with Gasteiger partial charge in [-0.2, -0.15) is 5.26 Å². The van der Waals surface area contributed by atoms with Crippen LogP contribution >= 0.6 is 0 Å². The van der Waals surface area contributed by atoms with Crippen LogP contribution in [0.4, 0.5) is 11.8 Å². The summed E-state index contributed by atoms with van der Waals surface area (Å²) < 4.78 is 30.5. The van der Waals surface area contributed by atoms with Crippen LogP contribution in [-0.4, -0.2) is 174 Å². The number of nitriles is 1. The van der Waals surface area contributed by atoms with Crippen LogP contribution in [0.3, 0.4) is 0 Å². The van der Waals surface area contributed by atoms with Crippen LogP contribution in [0.1, 0.15) is 84.1 Å². The Morgan fingerprint density at radius 2 is 1.57 bits per heavy atom. The van der Waals surface area contributed by atoms with Gasteiger partial charge >= 0.3 is 5.97 Å². The first-order valence-corrected chi connectivity index (χ1v) is 27.1. The number of hydrogen-bond acceptors (Lipinski definition) is 22. The smallest absolute Gasteiger partial charge is 0.365 e. The van der Waals surface area contributed by atoms with E-state index in [0.29, 0.717) is 114 Å². The lowest BCUT2D eigenvalue weighted by atomic mass is 9.97. The van der Waals surface area contributed by atoms with Gasteiger partial charge in [-0.1, -0.05) is 17.3 Å². The number of carbonyl (C=O) groups is 6. The van der Waals surface area contributed by atoms with Gasteiger partial charge in [-0.05, 0) is 57.2 Å². The highest BCUT2D eigenvalue weighted by molar-refractivity contribution is 6.13. The zero-order chi connectivity index (χ0) is 58.0. The van der Waals surface area contributed by atoms with E-state index < -0.39 is 23.3 Å². The van der Waals surface area contributed by atoms with Crippen molar-refractivity contribution in [2.45, 2.75) is 83.8 Å². The first-order valence-electron chi connectivity index (χ1n) is 27.1. The van der Waals surface area contributed by atoms with Crippen LogP contribution in [0.5, 0.6) is 17.4 Å². The number of pyridine rings is 3. The van der Waals surface area contributed by atoms with E-state index in [1.54, 1.807) is 72.2 Å². The van der Waals surface area contributed by atoms with Gasteiger partial charge in [0.05, 0.1) is 61.6 Å². The predicted octanol–water partition coefficient (Wildman–Crippen LogP) is 4.14. The van der Waals surface area contributed by atoms with Crippen molar-refractivity contribution in [2.24, 2.45) is 0 Å². The highest BCUT2D eigenvalue weighted by atomic mass is 16.7. The van der Waals surface area contributed by atoms with Crippen molar-refractivity contribution >= 4 is 47.1 Å². The molecule has 83 heavy (non-hydrogen) atoms. The fourth-order valence-corrected chi connectivity index (χ4v) is 9.92. The Morgan fingerprint density at radius 1 is 0.807 bits per heavy atom. The molecule has 0 unspecified atom stereocenters. The Labute approximate surface area is 476 Å². The SMILES string of the molecule is C[C@@H]1CN(c2ncc(-c3ccc4c(n3)N(Cc3cccnc3C#N)C(C)(C)C4=O)cn2)CCN1C(=O)Cn1cc(COCCOCCOCC(=O)N2CCC(Oc3cccc(Oc4ccc(C(=O)ON5C(=O)CCC5=O)cn4)c3)CC2)nn1. The number of Topliss-reactive ketones (excluding diaryl/α,β-unsaturated/α-hetero) is 1. The molecule has 5 aromatic heterocycles. The van der Waals surface area contributed by atoms with Crippen LogP contribution < -0.4 is 19.3 Å². The normalized spacial score (nSPS) is 17.0. The maximum atomic E-state index is 13.5. The maximum Gasteiger partial charge on any atom is 0.365 e. The second-order valence-electron chi connectivity index (χ2n) is 20.6. The standard InChI is InChI=1S/C57H60N14O12/c1-37-31-67(56-61-29-40(30-62-56)46-11-10-45-53(76)57(2,3)70(54(45)63-46)32-39-6-5-17-59-47(39)27-58)20-21-69(37)51(74)34-68-33-41(64-65-68)35-79-24-22-78-23-25-80-36-52(75)66-18-15-42(16-19-66)81-43-7-4-8-44(26-43)82-48-12-9-38(28-60-48)55(77)83-71-49(72)13-14-50(71)73/h4-12,17,26,28-30,33,37,42H,13-16,18-25,31-32,34-36H2,1-3H3/t37-/m1/s1. The van der Waals surface area contributed by atoms with Crippen molar-refractivity contribution in [1.29, 1.82) is 5.26 Å². The summed E-state index contributed by atoms with van der Waals surface area (Å²) in [6, 6.07) is 19.1. The Balaban J connectivity index is 0.575. The number of nitrogens with zero attached hydrogens (tertiary/aromatic N) is 14. The fourth-order valence-electron chi connectivity index (χ4n) is 9.92. The number of imide groups is 1. The van der Waals surface area contributed by atoms with Gasteiger partial charge in [0.25, 0.3) is 11.8 Å².